The molecule has 6 nitrogen and oxygen atoms in total. The Morgan fingerprint density at radius 3 is 2.91 bits per heavy atom. The molecule has 23 heavy (non-hydrogen) atoms. The Hall–Kier alpha value is -1.50. The molecule has 0 saturated carbocycles. The summed E-state index contributed by atoms with van der Waals surface area (Å²) in [5.74, 6) is 1.75. The molecule has 1 N–H and O–H groups in total. The van der Waals surface area contributed by atoms with E-state index in [2.05, 4.69) is 10.3 Å². The lowest BCUT2D eigenvalue weighted by atomic mass is 10.1. The van der Waals surface area contributed by atoms with Gasteiger partial charge in [0.15, 0.2) is 5.76 Å². The third kappa shape index (κ3) is 4.28. The van der Waals surface area contributed by atoms with E-state index in [-0.39, 0.29) is 43.2 Å². The van der Waals surface area contributed by atoms with Crippen molar-refractivity contribution in [3.8, 4) is 11.7 Å². The van der Waals surface area contributed by atoms with Crippen LogP contribution < -0.4 is 5.32 Å². The summed E-state index contributed by atoms with van der Waals surface area (Å²) in [6.45, 7) is 6.28. The molecule has 1 aliphatic heterocycles. The van der Waals surface area contributed by atoms with E-state index in [4.69, 9.17) is 8.83 Å². The number of halogens is 2. The van der Waals surface area contributed by atoms with Gasteiger partial charge in [-0.05, 0) is 26.0 Å². The minimum Gasteiger partial charge on any atom is -0.459 e. The molecule has 0 aliphatic carbocycles. The van der Waals surface area contributed by atoms with Gasteiger partial charge in [0.05, 0.1) is 18.4 Å². The number of hydrogen-bond acceptors (Lipinski definition) is 5. The molecule has 1 saturated heterocycles. The summed E-state index contributed by atoms with van der Waals surface area (Å²) in [5, 5.41) is 3.28. The van der Waals surface area contributed by atoms with Crippen molar-refractivity contribution < 1.29 is 13.6 Å². The first-order chi connectivity index (χ1) is 10.1. The van der Waals surface area contributed by atoms with Crippen LogP contribution in [0.15, 0.2) is 27.2 Å². The average Bonchev–Trinajstić information content (AvgIpc) is 3.10. The molecule has 2 aromatic rings. The molecule has 1 fully saturated rings. The van der Waals surface area contributed by atoms with Gasteiger partial charge in [-0.3, -0.25) is 4.79 Å². The third-order valence-corrected chi connectivity index (χ3v) is 3.76. The fourth-order valence-corrected chi connectivity index (χ4v) is 2.55. The second kappa shape index (κ2) is 8.38. The molecule has 128 valence electrons. The zero-order valence-electron chi connectivity index (χ0n) is 13.1. The first-order valence-electron chi connectivity index (χ1n) is 7.15. The molecule has 3 heterocycles. The number of hydrogen-bond donors (Lipinski definition) is 1. The lowest BCUT2D eigenvalue weighted by Crippen LogP contribution is -2.52. The zero-order chi connectivity index (χ0) is 14.8. The van der Waals surface area contributed by atoms with Crippen LogP contribution in [0.5, 0.6) is 0 Å². The highest BCUT2D eigenvalue weighted by atomic mass is 35.5. The van der Waals surface area contributed by atoms with E-state index in [0.29, 0.717) is 23.1 Å². The maximum absolute atomic E-state index is 12.4. The van der Waals surface area contributed by atoms with Crippen LogP contribution in [0.1, 0.15) is 18.4 Å². The molecule has 1 amide bonds. The molecule has 8 heteroatoms. The molecule has 0 radical (unpaired) electrons. The van der Waals surface area contributed by atoms with Crippen LogP contribution in [0, 0.1) is 6.92 Å². The van der Waals surface area contributed by atoms with Gasteiger partial charge in [0.25, 0.3) is 5.89 Å². The zero-order valence-corrected chi connectivity index (χ0v) is 14.7. The summed E-state index contributed by atoms with van der Waals surface area (Å²) in [6.07, 6.45) is 1.84. The predicted molar refractivity (Wildman–Crippen MR) is 91.2 cm³/mol. The van der Waals surface area contributed by atoms with E-state index in [1.807, 2.05) is 18.7 Å². The van der Waals surface area contributed by atoms with E-state index < -0.39 is 0 Å². The Morgan fingerprint density at radius 2 is 2.26 bits per heavy atom. The summed E-state index contributed by atoms with van der Waals surface area (Å²) in [4.78, 5) is 18.7. The van der Waals surface area contributed by atoms with Gasteiger partial charge in [0.2, 0.25) is 5.91 Å². The minimum absolute atomic E-state index is 0. The number of aryl methyl sites for hydroxylation is 1. The van der Waals surface area contributed by atoms with Gasteiger partial charge in [-0.1, -0.05) is 0 Å². The minimum atomic E-state index is 0. The van der Waals surface area contributed by atoms with Crippen LogP contribution in [-0.4, -0.2) is 41.5 Å². The van der Waals surface area contributed by atoms with Gasteiger partial charge in [-0.2, -0.15) is 0 Å². The largest absolute Gasteiger partial charge is 0.459 e. The number of furan rings is 1. The predicted octanol–water partition coefficient (Wildman–Crippen LogP) is 2.45. The van der Waals surface area contributed by atoms with Crippen molar-refractivity contribution in [1.82, 2.24) is 15.2 Å². The number of oxazole rings is 1. The highest BCUT2D eigenvalue weighted by molar-refractivity contribution is 5.85. The van der Waals surface area contributed by atoms with E-state index in [1.165, 1.54) is 0 Å². The van der Waals surface area contributed by atoms with E-state index in [9.17, 15) is 4.79 Å². The van der Waals surface area contributed by atoms with E-state index >= 15 is 0 Å². The van der Waals surface area contributed by atoms with Gasteiger partial charge >= 0.3 is 0 Å². The summed E-state index contributed by atoms with van der Waals surface area (Å²) < 4.78 is 10.9. The van der Waals surface area contributed by atoms with E-state index in [1.54, 1.807) is 18.4 Å². The molecule has 0 bridgehead atoms. The summed E-state index contributed by atoms with van der Waals surface area (Å²) in [7, 11) is 0. The lowest BCUT2D eigenvalue weighted by molar-refractivity contribution is -0.133. The van der Waals surface area contributed by atoms with Gasteiger partial charge in [0, 0.05) is 25.7 Å². The topological polar surface area (TPSA) is 71.5 Å². The molecule has 1 aliphatic rings. The Kier molecular flexibility index (Phi) is 7.12. The number of carbonyl (C=O) groups excluding carboxylic acids is 1. The van der Waals surface area contributed by atoms with Crippen molar-refractivity contribution in [3.63, 3.8) is 0 Å². The number of amides is 1. The van der Waals surface area contributed by atoms with Crippen molar-refractivity contribution in [3.05, 3.63) is 29.9 Å². The lowest BCUT2D eigenvalue weighted by Gasteiger charge is -2.33. The summed E-state index contributed by atoms with van der Waals surface area (Å²) >= 11 is 0. The van der Waals surface area contributed by atoms with Crippen LogP contribution in [0.25, 0.3) is 11.7 Å². The number of aromatic nitrogens is 1. The van der Waals surface area contributed by atoms with E-state index in [0.717, 1.165) is 19.6 Å². The molecule has 3 rings (SSSR count). The normalized spacial score (nSPS) is 17.3. The van der Waals surface area contributed by atoms with Gasteiger partial charge in [0.1, 0.15) is 5.76 Å². The Morgan fingerprint density at radius 1 is 1.48 bits per heavy atom. The molecule has 0 aromatic carbocycles. The summed E-state index contributed by atoms with van der Waals surface area (Å²) in [5.41, 5.74) is 0.678. The first-order valence-corrected chi connectivity index (χ1v) is 7.15. The highest BCUT2D eigenvalue weighted by Gasteiger charge is 2.25. The number of nitrogens with zero attached hydrogens (tertiary/aromatic N) is 2. The average molecular weight is 362 g/mol. The quantitative estimate of drug-likeness (QED) is 0.908. The molecule has 1 atom stereocenters. The standard InChI is InChI=1S/C15H19N3O3.2ClH/c1-10-9-16-5-6-18(10)14(19)8-12-11(2)21-15(17-12)13-4-3-7-20-13;;/h3-4,7,10,16H,5-6,8-9H2,1-2H3;2*1H. The fraction of sp³-hybridized carbons (Fsp3) is 0.467. The third-order valence-electron chi connectivity index (χ3n) is 3.76. The Bertz CT molecular complexity index is 628. The monoisotopic (exact) mass is 361 g/mol. The van der Waals surface area contributed by atoms with Crippen molar-refractivity contribution in [1.29, 1.82) is 0 Å². The van der Waals surface area contributed by atoms with Crippen LogP contribution in [-0.2, 0) is 11.2 Å². The highest BCUT2D eigenvalue weighted by Crippen LogP contribution is 2.22. The molecular weight excluding hydrogens is 341 g/mol. The number of rotatable bonds is 3. The number of carbonyl (C=O) groups is 1. The number of piperazine rings is 1. The van der Waals surface area contributed by atoms with Gasteiger partial charge < -0.3 is 19.1 Å². The Labute approximate surface area is 147 Å². The second-order valence-corrected chi connectivity index (χ2v) is 5.32. The SMILES string of the molecule is Cc1oc(-c2ccco2)nc1CC(=O)N1CCNCC1C.Cl.Cl. The second-order valence-electron chi connectivity index (χ2n) is 5.32. The van der Waals surface area contributed by atoms with Crippen molar-refractivity contribution in [2.24, 2.45) is 0 Å². The maximum Gasteiger partial charge on any atom is 0.263 e. The van der Waals surface area contributed by atoms with Gasteiger partial charge in [-0.15, -0.1) is 24.8 Å². The van der Waals surface area contributed by atoms with Crippen LogP contribution in [0.4, 0.5) is 0 Å². The Balaban J connectivity index is 0.00000132. The molecule has 1 unspecified atom stereocenters. The summed E-state index contributed by atoms with van der Waals surface area (Å²) in [6, 6.07) is 3.78. The molecule has 0 spiro atoms. The molecule has 2 aromatic heterocycles. The molecular formula is C15H21Cl2N3O3. The van der Waals surface area contributed by atoms with Crippen molar-refractivity contribution >= 4 is 30.7 Å². The van der Waals surface area contributed by atoms with Crippen LogP contribution in [0.2, 0.25) is 0 Å². The van der Waals surface area contributed by atoms with Crippen LogP contribution >= 0.6 is 24.8 Å². The maximum atomic E-state index is 12.4. The first kappa shape index (κ1) is 19.5. The smallest absolute Gasteiger partial charge is 0.263 e. The fourth-order valence-electron chi connectivity index (χ4n) is 2.55. The van der Waals surface area contributed by atoms with Crippen molar-refractivity contribution in [2.75, 3.05) is 19.6 Å². The van der Waals surface area contributed by atoms with Crippen molar-refractivity contribution in [2.45, 2.75) is 26.3 Å². The van der Waals surface area contributed by atoms with Gasteiger partial charge in [-0.25, -0.2) is 4.98 Å². The van der Waals surface area contributed by atoms with Crippen LogP contribution in [0.3, 0.4) is 0 Å². The number of nitrogens with one attached hydrogen (secondary N) is 1.